The molecule has 0 saturated carbocycles. The number of hydrogen-bond donors (Lipinski definition) is 0. The number of para-hydroxylation sites is 1. The van der Waals surface area contributed by atoms with E-state index in [-0.39, 0.29) is 6.10 Å². The predicted octanol–water partition coefficient (Wildman–Crippen LogP) is 3.12. The molecule has 1 unspecified atom stereocenters. The number of nitrogens with zero attached hydrogens (tertiary/aromatic N) is 1. The fraction of sp³-hybridized carbons (Fsp3) is 0.357. The summed E-state index contributed by atoms with van der Waals surface area (Å²) in [5.41, 5.74) is 3.04. The smallest absolute Gasteiger partial charge is 0.171 e. The number of ether oxygens (including phenoxy) is 2. The molecule has 4 nitrogen and oxygen atoms in total. The number of aryl methyl sites for hydroxylation is 1. The highest BCUT2D eigenvalue weighted by molar-refractivity contribution is 5.76. The van der Waals surface area contributed by atoms with Crippen molar-refractivity contribution in [3.8, 4) is 22.8 Å². The highest BCUT2D eigenvalue weighted by atomic mass is 16.5. The zero-order valence-corrected chi connectivity index (χ0v) is 10.1. The summed E-state index contributed by atoms with van der Waals surface area (Å²) in [7, 11) is 1.66. The zero-order chi connectivity index (χ0) is 12.1. The topological polar surface area (TPSA) is 44.5 Å². The molecule has 1 atom stereocenters. The van der Waals surface area contributed by atoms with Crippen molar-refractivity contribution >= 4 is 0 Å². The van der Waals surface area contributed by atoms with Crippen molar-refractivity contribution in [2.75, 3.05) is 7.11 Å². The summed E-state index contributed by atoms with van der Waals surface area (Å²) in [6.07, 6.45) is 3.12. The van der Waals surface area contributed by atoms with E-state index in [1.54, 1.807) is 7.11 Å². The third-order valence-corrected chi connectivity index (χ3v) is 3.71. The average molecular weight is 243 g/mol. The van der Waals surface area contributed by atoms with E-state index in [1.807, 2.05) is 18.2 Å². The van der Waals surface area contributed by atoms with Crippen molar-refractivity contribution in [2.45, 2.75) is 25.4 Å². The van der Waals surface area contributed by atoms with E-state index in [2.05, 4.69) is 5.16 Å². The van der Waals surface area contributed by atoms with Gasteiger partial charge >= 0.3 is 0 Å². The van der Waals surface area contributed by atoms with Gasteiger partial charge in [-0.2, -0.15) is 0 Å². The lowest BCUT2D eigenvalue weighted by molar-refractivity contribution is 0.169. The summed E-state index contributed by atoms with van der Waals surface area (Å²) in [6.45, 7) is 0. The van der Waals surface area contributed by atoms with Crippen LogP contribution >= 0.6 is 0 Å². The van der Waals surface area contributed by atoms with Gasteiger partial charge in [0.2, 0.25) is 0 Å². The van der Waals surface area contributed by atoms with Crippen LogP contribution in [0.4, 0.5) is 0 Å². The minimum Gasteiger partial charge on any atom is -0.493 e. The second-order valence-electron chi connectivity index (χ2n) is 4.70. The molecule has 0 spiro atoms. The first-order chi connectivity index (χ1) is 8.88. The van der Waals surface area contributed by atoms with Crippen LogP contribution in [-0.4, -0.2) is 12.3 Å². The van der Waals surface area contributed by atoms with Crippen molar-refractivity contribution in [3.63, 3.8) is 0 Å². The van der Waals surface area contributed by atoms with Crippen LogP contribution in [0.5, 0.6) is 11.5 Å². The quantitative estimate of drug-likeness (QED) is 0.771. The maximum atomic E-state index is 6.10. The molecule has 2 aliphatic rings. The van der Waals surface area contributed by atoms with E-state index in [0.29, 0.717) is 0 Å². The van der Waals surface area contributed by atoms with Crippen LogP contribution in [0.3, 0.4) is 0 Å². The van der Waals surface area contributed by atoms with E-state index < -0.39 is 0 Å². The number of methoxy groups -OCH3 is 1. The first-order valence-electron chi connectivity index (χ1n) is 6.21. The monoisotopic (exact) mass is 243 g/mol. The van der Waals surface area contributed by atoms with Gasteiger partial charge in [0, 0.05) is 6.42 Å². The van der Waals surface area contributed by atoms with Crippen molar-refractivity contribution in [1.29, 1.82) is 0 Å². The van der Waals surface area contributed by atoms with E-state index in [4.69, 9.17) is 14.0 Å². The molecule has 0 N–H and O–H groups in total. The molecule has 1 aromatic heterocycles. The molecule has 0 saturated heterocycles. The lowest BCUT2D eigenvalue weighted by Crippen LogP contribution is -2.18. The summed E-state index contributed by atoms with van der Waals surface area (Å²) in [5.74, 6) is 2.53. The molecule has 0 fully saturated rings. The molecule has 1 aromatic carbocycles. The average Bonchev–Trinajstić information content (AvgIpc) is 2.85. The Kier molecular flexibility index (Phi) is 1.95. The summed E-state index contributed by atoms with van der Waals surface area (Å²) in [4.78, 5) is 0. The fourth-order valence-corrected chi connectivity index (χ4v) is 2.87. The summed E-state index contributed by atoms with van der Waals surface area (Å²) >= 11 is 0. The molecule has 0 amide bonds. The molecule has 4 heteroatoms. The minimum atomic E-state index is 0.0683. The van der Waals surface area contributed by atoms with Gasteiger partial charge < -0.3 is 14.0 Å². The molecule has 2 heterocycles. The van der Waals surface area contributed by atoms with Gasteiger partial charge in [0.15, 0.2) is 11.5 Å². The number of hydrogen-bond acceptors (Lipinski definition) is 4. The molecule has 1 aliphatic carbocycles. The molecular formula is C14H13NO3. The second kappa shape index (κ2) is 3.51. The highest BCUT2D eigenvalue weighted by Gasteiger charge is 2.36. The lowest BCUT2D eigenvalue weighted by Gasteiger charge is -2.29. The van der Waals surface area contributed by atoms with Crippen molar-refractivity contribution in [2.24, 2.45) is 0 Å². The Morgan fingerprint density at radius 2 is 2.33 bits per heavy atom. The molecular weight excluding hydrogens is 230 g/mol. The van der Waals surface area contributed by atoms with Crippen molar-refractivity contribution < 1.29 is 14.0 Å². The Balaban J connectivity index is 1.99. The van der Waals surface area contributed by atoms with Gasteiger partial charge in [-0.25, -0.2) is 0 Å². The molecule has 1 aliphatic heterocycles. The van der Waals surface area contributed by atoms with Crippen LogP contribution in [0.25, 0.3) is 11.3 Å². The Hall–Kier alpha value is -1.97. The van der Waals surface area contributed by atoms with Crippen LogP contribution in [0.1, 0.15) is 30.3 Å². The lowest BCUT2D eigenvalue weighted by atomic mass is 9.89. The highest BCUT2D eigenvalue weighted by Crippen LogP contribution is 2.50. The number of benzene rings is 1. The van der Waals surface area contributed by atoms with Crippen LogP contribution in [0, 0.1) is 0 Å². The van der Waals surface area contributed by atoms with Crippen molar-refractivity contribution in [3.05, 3.63) is 29.5 Å². The van der Waals surface area contributed by atoms with Crippen molar-refractivity contribution in [1.82, 2.24) is 5.16 Å². The second-order valence-corrected chi connectivity index (χ2v) is 4.70. The van der Waals surface area contributed by atoms with Gasteiger partial charge in [0.1, 0.15) is 17.6 Å². The molecule has 92 valence electrons. The normalized spacial score (nSPS) is 19.7. The Morgan fingerprint density at radius 3 is 3.22 bits per heavy atom. The van der Waals surface area contributed by atoms with Gasteiger partial charge in [-0.3, -0.25) is 0 Å². The Morgan fingerprint density at radius 1 is 1.39 bits per heavy atom. The third kappa shape index (κ3) is 1.17. The maximum absolute atomic E-state index is 6.10. The van der Waals surface area contributed by atoms with Gasteiger partial charge in [-0.15, -0.1) is 0 Å². The first kappa shape index (κ1) is 10.00. The largest absolute Gasteiger partial charge is 0.493 e. The summed E-state index contributed by atoms with van der Waals surface area (Å²) < 4.78 is 16.9. The summed E-state index contributed by atoms with van der Waals surface area (Å²) in [6, 6.07) is 5.86. The predicted molar refractivity (Wildman–Crippen MR) is 64.8 cm³/mol. The number of aromatic nitrogens is 1. The van der Waals surface area contributed by atoms with Crippen LogP contribution in [0.2, 0.25) is 0 Å². The van der Waals surface area contributed by atoms with Crippen LogP contribution in [0.15, 0.2) is 22.7 Å². The number of rotatable bonds is 1. The molecule has 18 heavy (non-hydrogen) atoms. The summed E-state index contributed by atoms with van der Waals surface area (Å²) in [5, 5.41) is 4.22. The zero-order valence-electron chi connectivity index (χ0n) is 10.1. The molecule has 2 aromatic rings. The SMILES string of the molecule is COc1cccc2c1OC1CCCc3onc-2c31. The Bertz CT molecular complexity index is 617. The van der Waals surface area contributed by atoms with E-state index in [9.17, 15) is 0 Å². The molecule has 0 radical (unpaired) electrons. The first-order valence-corrected chi connectivity index (χ1v) is 6.21. The molecule has 4 rings (SSSR count). The third-order valence-electron chi connectivity index (χ3n) is 3.71. The fourth-order valence-electron chi connectivity index (χ4n) is 2.87. The van der Waals surface area contributed by atoms with Crippen LogP contribution < -0.4 is 9.47 Å². The standard InChI is InChI=1S/C14H13NO3/c1-16-11-7-2-4-8-13-12-9(17-14(8)11)5-3-6-10(12)18-15-13/h2,4,7,9H,3,5-6H2,1H3. The maximum Gasteiger partial charge on any atom is 0.171 e. The molecule has 0 bridgehead atoms. The van der Waals surface area contributed by atoms with Gasteiger partial charge in [0.25, 0.3) is 0 Å². The van der Waals surface area contributed by atoms with E-state index in [0.717, 1.165) is 53.3 Å². The van der Waals surface area contributed by atoms with E-state index >= 15 is 0 Å². The van der Waals surface area contributed by atoms with Gasteiger partial charge in [-0.1, -0.05) is 11.2 Å². The van der Waals surface area contributed by atoms with Crippen LogP contribution in [-0.2, 0) is 6.42 Å². The number of fused-ring (bicyclic) bond motifs is 2. The van der Waals surface area contributed by atoms with Gasteiger partial charge in [0.05, 0.1) is 18.2 Å². The minimum absolute atomic E-state index is 0.0683. The van der Waals surface area contributed by atoms with Gasteiger partial charge in [-0.05, 0) is 25.0 Å². The Labute approximate surface area is 104 Å². The van der Waals surface area contributed by atoms with E-state index in [1.165, 1.54) is 0 Å².